The summed E-state index contributed by atoms with van der Waals surface area (Å²) in [5.74, 6) is 0.917. The molecular weight excluding hydrogens is 288 g/mol. The Balaban J connectivity index is 1.85. The molecule has 0 bridgehead atoms. The molecule has 116 valence electrons. The van der Waals surface area contributed by atoms with Crippen LogP contribution >= 0.6 is 0 Å². The molecule has 0 spiro atoms. The topological polar surface area (TPSA) is 61.0 Å². The smallest absolute Gasteiger partial charge is 0.250 e. The fraction of sp³-hybridized carbons (Fsp3) is 0.222. The average molecular weight is 306 g/mol. The molecule has 1 saturated heterocycles. The van der Waals surface area contributed by atoms with E-state index in [1.807, 2.05) is 36.4 Å². The molecule has 1 aromatic carbocycles. The molecule has 0 saturated carbocycles. The van der Waals surface area contributed by atoms with Crippen molar-refractivity contribution in [2.45, 2.75) is 0 Å². The van der Waals surface area contributed by atoms with E-state index in [0.717, 1.165) is 48.5 Å². The largest absolute Gasteiger partial charge is 0.354 e. The third-order valence-corrected chi connectivity index (χ3v) is 4.21. The van der Waals surface area contributed by atoms with E-state index in [4.69, 9.17) is 0 Å². The van der Waals surface area contributed by atoms with Gasteiger partial charge in [0.15, 0.2) is 0 Å². The number of fused-ring (bicyclic) bond motifs is 1. The van der Waals surface area contributed by atoms with Gasteiger partial charge in [0, 0.05) is 37.6 Å². The molecule has 0 amide bonds. The van der Waals surface area contributed by atoms with Gasteiger partial charge in [0.2, 0.25) is 5.56 Å². The fourth-order valence-corrected chi connectivity index (χ4v) is 3.05. The molecule has 0 unspecified atom stereocenters. The Bertz CT molecular complexity index is 882. The number of piperazine rings is 1. The molecule has 23 heavy (non-hydrogen) atoms. The van der Waals surface area contributed by atoms with Gasteiger partial charge >= 0.3 is 0 Å². The van der Waals surface area contributed by atoms with Crippen molar-refractivity contribution in [1.29, 1.82) is 0 Å². The van der Waals surface area contributed by atoms with E-state index in [1.54, 1.807) is 6.07 Å². The van der Waals surface area contributed by atoms with E-state index in [0.29, 0.717) is 5.65 Å². The van der Waals surface area contributed by atoms with Crippen LogP contribution in [0.4, 0.5) is 5.82 Å². The molecule has 0 atom stereocenters. The van der Waals surface area contributed by atoms with Crippen molar-refractivity contribution in [3.05, 3.63) is 58.9 Å². The van der Waals surface area contributed by atoms with Crippen LogP contribution in [-0.2, 0) is 0 Å². The van der Waals surface area contributed by atoms with Gasteiger partial charge in [-0.25, -0.2) is 4.98 Å². The Morgan fingerprint density at radius 3 is 2.57 bits per heavy atom. The lowest BCUT2D eigenvalue weighted by atomic mass is 10.0. The highest BCUT2D eigenvalue weighted by Gasteiger charge is 2.13. The van der Waals surface area contributed by atoms with Gasteiger partial charge in [0.1, 0.15) is 11.5 Å². The van der Waals surface area contributed by atoms with E-state index < -0.39 is 0 Å². The summed E-state index contributed by atoms with van der Waals surface area (Å²) in [7, 11) is 0. The zero-order chi connectivity index (χ0) is 15.6. The fourth-order valence-electron chi connectivity index (χ4n) is 3.05. The first-order chi connectivity index (χ1) is 11.3. The normalized spacial score (nSPS) is 15.0. The average Bonchev–Trinajstić information content (AvgIpc) is 2.62. The van der Waals surface area contributed by atoms with Gasteiger partial charge in [-0.15, -0.1) is 0 Å². The summed E-state index contributed by atoms with van der Waals surface area (Å²) in [6.45, 7) is 3.78. The second kappa shape index (κ2) is 5.85. The van der Waals surface area contributed by atoms with Crippen molar-refractivity contribution < 1.29 is 0 Å². The highest BCUT2D eigenvalue weighted by molar-refractivity contribution is 5.93. The van der Waals surface area contributed by atoms with Gasteiger partial charge in [-0.2, -0.15) is 0 Å². The maximum Gasteiger partial charge on any atom is 0.250 e. The maximum atomic E-state index is 12.0. The first-order valence-corrected chi connectivity index (χ1v) is 7.86. The molecule has 5 nitrogen and oxygen atoms in total. The molecule has 1 aliphatic heterocycles. The van der Waals surface area contributed by atoms with E-state index >= 15 is 0 Å². The summed E-state index contributed by atoms with van der Waals surface area (Å²) in [5, 5.41) is 4.30. The Labute approximate surface area is 134 Å². The van der Waals surface area contributed by atoms with Crippen LogP contribution in [0.2, 0.25) is 0 Å². The highest BCUT2D eigenvalue weighted by atomic mass is 16.1. The monoisotopic (exact) mass is 306 g/mol. The van der Waals surface area contributed by atoms with Crippen LogP contribution in [0.5, 0.6) is 0 Å². The predicted octanol–water partition coefficient (Wildman–Crippen LogP) is 2.00. The maximum absolute atomic E-state index is 12.0. The van der Waals surface area contributed by atoms with Crippen molar-refractivity contribution in [2.24, 2.45) is 0 Å². The lowest BCUT2D eigenvalue weighted by Gasteiger charge is -2.28. The third kappa shape index (κ3) is 2.71. The van der Waals surface area contributed by atoms with Gasteiger partial charge in [-0.1, -0.05) is 30.3 Å². The molecule has 5 heteroatoms. The molecule has 0 aliphatic carbocycles. The SMILES string of the molecule is O=c1cc(-c2ccccc2)c2ccc(N3CCNCC3)nc2[nH]1. The van der Waals surface area contributed by atoms with Crippen molar-refractivity contribution >= 4 is 16.9 Å². The minimum Gasteiger partial charge on any atom is -0.354 e. The molecule has 2 N–H and O–H groups in total. The summed E-state index contributed by atoms with van der Waals surface area (Å²) < 4.78 is 0. The molecule has 1 aliphatic rings. The Kier molecular flexibility index (Phi) is 3.55. The minimum absolute atomic E-state index is 0.124. The highest BCUT2D eigenvalue weighted by Crippen LogP contribution is 2.26. The Hall–Kier alpha value is -2.66. The van der Waals surface area contributed by atoms with Gasteiger partial charge < -0.3 is 15.2 Å². The van der Waals surface area contributed by atoms with Crippen molar-refractivity contribution in [3.8, 4) is 11.1 Å². The van der Waals surface area contributed by atoms with Crippen LogP contribution in [0, 0.1) is 0 Å². The van der Waals surface area contributed by atoms with Crippen LogP contribution in [0.1, 0.15) is 0 Å². The number of rotatable bonds is 2. The third-order valence-electron chi connectivity index (χ3n) is 4.21. The summed E-state index contributed by atoms with van der Waals surface area (Å²) in [4.78, 5) is 21.8. The van der Waals surface area contributed by atoms with Gasteiger partial charge in [-0.05, 0) is 23.3 Å². The second-order valence-corrected chi connectivity index (χ2v) is 5.72. The first-order valence-electron chi connectivity index (χ1n) is 7.86. The molecule has 2 aromatic heterocycles. The molecule has 3 heterocycles. The lowest BCUT2D eigenvalue weighted by Crippen LogP contribution is -2.43. The number of hydrogen-bond acceptors (Lipinski definition) is 4. The number of aromatic amines is 1. The van der Waals surface area contributed by atoms with Gasteiger partial charge in [0.25, 0.3) is 0 Å². The van der Waals surface area contributed by atoms with Gasteiger partial charge in [0.05, 0.1) is 0 Å². The summed E-state index contributed by atoms with van der Waals surface area (Å²) >= 11 is 0. The first kappa shape index (κ1) is 14.0. The van der Waals surface area contributed by atoms with E-state index in [1.165, 1.54) is 0 Å². The zero-order valence-corrected chi connectivity index (χ0v) is 12.7. The molecule has 4 rings (SSSR count). The number of nitrogens with zero attached hydrogens (tertiary/aromatic N) is 2. The van der Waals surface area contributed by atoms with Crippen LogP contribution < -0.4 is 15.8 Å². The number of aromatic nitrogens is 2. The number of pyridine rings is 2. The number of H-pyrrole nitrogens is 1. The van der Waals surface area contributed by atoms with E-state index in [9.17, 15) is 4.79 Å². The molecule has 3 aromatic rings. The Morgan fingerprint density at radius 1 is 1.00 bits per heavy atom. The number of nitrogens with one attached hydrogen (secondary N) is 2. The van der Waals surface area contributed by atoms with Crippen molar-refractivity contribution in [3.63, 3.8) is 0 Å². The van der Waals surface area contributed by atoms with Crippen LogP contribution in [0.3, 0.4) is 0 Å². The second-order valence-electron chi connectivity index (χ2n) is 5.72. The lowest BCUT2D eigenvalue weighted by molar-refractivity contribution is 0.585. The number of hydrogen-bond donors (Lipinski definition) is 2. The summed E-state index contributed by atoms with van der Waals surface area (Å²) in [6.07, 6.45) is 0. The number of benzene rings is 1. The predicted molar refractivity (Wildman–Crippen MR) is 92.9 cm³/mol. The minimum atomic E-state index is -0.124. The van der Waals surface area contributed by atoms with Gasteiger partial charge in [-0.3, -0.25) is 4.79 Å². The van der Waals surface area contributed by atoms with E-state index in [2.05, 4.69) is 26.3 Å². The molecular formula is C18H18N4O. The standard InChI is InChI=1S/C18H18N4O/c23-17-12-15(13-4-2-1-3-5-13)14-6-7-16(20-18(14)21-17)22-10-8-19-9-11-22/h1-7,12,19H,8-11H2,(H,20,21,23). The summed E-state index contributed by atoms with van der Waals surface area (Å²) in [6, 6.07) is 15.7. The van der Waals surface area contributed by atoms with Crippen LogP contribution in [-0.4, -0.2) is 36.1 Å². The van der Waals surface area contributed by atoms with E-state index in [-0.39, 0.29) is 5.56 Å². The number of anilines is 1. The Morgan fingerprint density at radius 2 is 1.78 bits per heavy atom. The zero-order valence-electron chi connectivity index (χ0n) is 12.7. The molecule has 0 radical (unpaired) electrons. The molecule has 1 fully saturated rings. The summed E-state index contributed by atoms with van der Waals surface area (Å²) in [5.41, 5.74) is 2.47. The van der Waals surface area contributed by atoms with Crippen LogP contribution in [0.15, 0.2) is 53.3 Å². The van der Waals surface area contributed by atoms with Crippen molar-refractivity contribution in [1.82, 2.24) is 15.3 Å². The van der Waals surface area contributed by atoms with Crippen LogP contribution in [0.25, 0.3) is 22.2 Å². The van der Waals surface area contributed by atoms with Crippen molar-refractivity contribution in [2.75, 3.05) is 31.1 Å². The quantitative estimate of drug-likeness (QED) is 0.760.